The van der Waals surface area contributed by atoms with E-state index in [1.165, 1.54) is 11.8 Å². The first-order valence-electron chi connectivity index (χ1n) is 10.1. The third-order valence-corrected chi connectivity index (χ3v) is 5.60. The van der Waals surface area contributed by atoms with Crippen molar-refractivity contribution in [3.8, 4) is 0 Å². The van der Waals surface area contributed by atoms with Gasteiger partial charge < -0.3 is 14.5 Å². The van der Waals surface area contributed by atoms with Crippen molar-refractivity contribution >= 4 is 29.5 Å². The number of carbonyl (C=O) groups excluding carboxylic acids is 3. The number of anilines is 1. The van der Waals surface area contributed by atoms with Crippen molar-refractivity contribution in [3.05, 3.63) is 71.4 Å². The Kier molecular flexibility index (Phi) is 5.65. The largest absolute Gasteiger partial charge is 0.455 e. The number of esters is 1. The average molecular weight is 404 g/mol. The van der Waals surface area contributed by atoms with E-state index in [9.17, 15) is 14.4 Å². The summed E-state index contributed by atoms with van der Waals surface area (Å²) < 4.78 is 5.33. The zero-order chi connectivity index (χ0) is 21.1. The second kappa shape index (κ2) is 8.53. The van der Waals surface area contributed by atoms with Gasteiger partial charge in [-0.1, -0.05) is 42.5 Å². The first kappa shape index (κ1) is 19.9. The van der Waals surface area contributed by atoms with E-state index in [1.54, 1.807) is 11.1 Å². The van der Waals surface area contributed by atoms with Gasteiger partial charge in [-0.3, -0.25) is 14.4 Å². The molecule has 0 radical (unpaired) electrons. The summed E-state index contributed by atoms with van der Waals surface area (Å²) in [5.74, 6) is -0.891. The highest BCUT2D eigenvalue weighted by atomic mass is 16.5. The van der Waals surface area contributed by atoms with E-state index in [1.807, 2.05) is 54.6 Å². The van der Waals surface area contributed by atoms with Crippen molar-refractivity contribution in [2.24, 2.45) is 0 Å². The number of hydrogen-bond donors (Lipinski definition) is 0. The molecule has 0 saturated carbocycles. The third-order valence-electron chi connectivity index (χ3n) is 5.60. The molecule has 4 rings (SSSR count). The molecule has 2 aromatic carbocycles. The Morgan fingerprint density at radius 1 is 1.07 bits per heavy atom. The average Bonchev–Trinajstić information content (AvgIpc) is 2.77. The number of carbonyl (C=O) groups is 3. The number of ether oxygens (including phenoxy) is 1. The van der Waals surface area contributed by atoms with Crippen LogP contribution in [0.25, 0.3) is 6.08 Å². The molecule has 2 aromatic rings. The van der Waals surface area contributed by atoms with Gasteiger partial charge in [0.05, 0.1) is 12.5 Å². The van der Waals surface area contributed by atoms with Gasteiger partial charge in [0, 0.05) is 25.4 Å². The molecule has 2 heterocycles. The van der Waals surface area contributed by atoms with Crippen LogP contribution >= 0.6 is 0 Å². The monoisotopic (exact) mass is 404 g/mol. The third kappa shape index (κ3) is 3.99. The number of amides is 2. The van der Waals surface area contributed by atoms with Crippen LogP contribution in [0.3, 0.4) is 0 Å². The topological polar surface area (TPSA) is 66.9 Å². The zero-order valence-corrected chi connectivity index (χ0v) is 16.9. The molecular formula is C24H24N2O4. The van der Waals surface area contributed by atoms with Gasteiger partial charge in [-0.25, -0.2) is 0 Å². The van der Waals surface area contributed by atoms with Crippen LogP contribution in [-0.4, -0.2) is 35.8 Å². The molecular weight excluding hydrogens is 380 g/mol. The van der Waals surface area contributed by atoms with Crippen molar-refractivity contribution in [2.45, 2.75) is 32.2 Å². The molecule has 1 atom stereocenters. The molecule has 30 heavy (non-hydrogen) atoms. The molecule has 0 bridgehead atoms. The van der Waals surface area contributed by atoms with Crippen molar-refractivity contribution in [1.29, 1.82) is 0 Å². The minimum atomic E-state index is -0.505. The molecule has 0 unspecified atom stereocenters. The van der Waals surface area contributed by atoms with Gasteiger partial charge in [0.15, 0.2) is 6.61 Å². The van der Waals surface area contributed by atoms with Gasteiger partial charge in [0.2, 0.25) is 5.91 Å². The summed E-state index contributed by atoms with van der Waals surface area (Å²) in [5.41, 5.74) is 3.88. The number of aryl methyl sites for hydroxylation is 1. The van der Waals surface area contributed by atoms with E-state index < -0.39 is 12.0 Å². The van der Waals surface area contributed by atoms with Crippen LogP contribution in [0.1, 0.15) is 42.5 Å². The first-order chi connectivity index (χ1) is 14.5. The number of hydrogen-bond acceptors (Lipinski definition) is 4. The number of benzene rings is 2. The molecule has 6 nitrogen and oxygen atoms in total. The summed E-state index contributed by atoms with van der Waals surface area (Å²) in [6, 6.07) is 15.0. The normalized spacial score (nSPS) is 17.2. The molecule has 154 valence electrons. The molecule has 6 heteroatoms. The Labute approximate surface area is 175 Å². The van der Waals surface area contributed by atoms with E-state index in [2.05, 4.69) is 0 Å². The lowest BCUT2D eigenvalue weighted by Gasteiger charge is -2.32. The maximum Gasteiger partial charge on any atom is 0.308 e. The summed E-state index contributed by atoms with van der Waals surface area (Å²) in [6.07, 6.45) is 5.36. The minimum Gasteiger partial charge on any atom is -0.455 e. The van der Waals surface area contributed by atoms with E-state index in [-0.39, 0.29) is 24.8 Å². The smallest absolute Gasteiger partial charge is 0.308 e. The fourth-order valence-electron chi connectivity index (χ4n) is 4.14. The molecule has 0 aliphatic carbocycles. The van der Waals surface area contributed by atoms with Gasteiger partial charge in [0.1, 0.15) is 0 Å². The highest BCUT2D eigenvalue weighted by Crippen LogP contribution is 2.33. The molecule has 0 fully saturated rings. The van der Waals surface area contributed by atoms with Crippen LogP contribution in [0.5, 0.6) is 0 Å². The second-order valence-electron chi connectivity index (χ2n) is 7.53. The molecule has 0 aromatic heterocycles. The molecule has 2 aliphatic heterocycles. The van der Waals surface area contributed by atoms with Crippen LogP contribution in [0.4, 0.5) is 5.69 Å². The van der Waals surface area contributed by atoms with E-state index >= 15 is 0 Å². The highest BCUT2D eigenvalue weighted by Gasteiger charge is 2.29. The lowest BCUT2D eigenvalue weighted by Crippen LogP contribution is -2.38. The van der Waals surface area contributed by atoms with Crippen molar-refractivity contribution in [3.63, 3.8) is 0 Å². The molecule has 2 aliphatic rings. The predicted molar refractivity (Wildman–Crippen MR) is 113 cm³/mol. The van der Waals surface area contributed by atoms with E-state index in [0.717, 1.165) is 35.2 Å². The lowest BCUT2D eigenvalue weighted by molar-refractivity contribution is -0.149. The Morgan fingerprint density at radius 3 is 2.67 bits per heavy atom. The van der Waals surface area contributed by atoms with Crippen molar-refractivity contribution < 1.29 is 19.1 Å². The maximum absolute atomic E-state index is 12.7. The number of para-hydroxylation sites is 1. The van der Waals surface area contributed by atoms with Crippen LogP contribution in [0.15, 0.2) is 54.7 Å². The lowest BCUT2D eigenvalue weighted by atomic mass is 9.94. The fraction of sp³-hybridized carbons (Fsp3) is 0.292. The van der Waals surface area contributed by atoms with Gasteiger partial charge in [-0.2, -0.15) is 0 Å². The minimum absolute atomic E-state index is 0.00913. The summed E-state index contributed by atoms with van der Waals surface area (Å²) in [5, 5.41) is 0. The van der Waals surface area contributed by atoms with Crippen molar-refractivity contribution in [2.75, 3.05) is 18.1 Å². The van der Waals surface area contributed by atoms with Gasteiger partial charge in [0.25, 0.3) is 5.91 Å². The maximum atomic E-state index is 12.7. The quantitative estimate of drug-likeness (QED) is 0.732. The highest BCUT2D eigenvalue weighted by molar-refractivity contribution is 5.96. The van der Waals surface area contributed by atoms with E-state index in [0.29, 0.717) is 6.54 Å². The molecule has 2 amide bonds. The molecule has 0 spiro atoms. The van der Waals surface area contributed by atoms with Crippen LogP contribution in [0, 0.1) is 0 Å². The Bertz CT molecular complexity index is 1010. The van der Waals surface area contributed by atoms with Gasteiger partial charge >= 0.3 is 5.97 Å². The fourth-order valence-corrected chi connectivity index (χ4v) is 4.14. The Morgan fingerprint density at radius 2 is 1.83 bits per heavy atom. The summed E-state index contributed by atoms with van der Waals surface area (Å²) in [6.45, 7) is 1.78. The number of nitrogens with zero attached hydrogens (tertiary/aromatic N) is 2. The van der Waals surface area contributed by atoms with E-state index in [4.69, 9.17) is 4.74 Å². The van der Waals surface area contributed by atoms with Crippen LogP contribution < -0.4 is 4.90 Å². The summed E-state index contributed by atoms with van der Waals surface area (Å²) in [7, 11) is 0. The molecule has 0 N–H and O–H groups in total. The van der Waals surface area contributed by atoms with Gasteiger partial charge in [-0.05, 0) is 41.7 Å². The van der Waals surface area contributed by atoms with Crippen LogP contribution in [-0.2, 0) is 25.5 Å². The number of fused-ring (bicyclic) bond motifs is 2. The second-order valence-corrected chi connectivity index (χ2v) is 7.53. The van der Waals surface area contributed by atoms with Gasteiger partial charge in [-0.15, -0.1) is 0 Å². The Balaban J connectivity index is 1.42. The standard InChI is InChI=1S/C24H24N2O4/c1-17(27)25-14-12-18-7-2-4-10-20(18)22(25)15-24(29)30-16-23(28)26-13-6-9-19-8-3-5-11-21(19)26/h2-5,7-8,10-12,14,22H,6,9,13,15-16H2,1H3/t22-/m1/s1. The number of rotatable bonds is 4. The molecule has 0 saturated heterocycles. The predicted octanol–water partition coefficient (Wildman–Crippen LogP) is 3.47. The van der Waals surface area contributed by atoms with Crippen LogP contribution in [0.2, 0.25) is 0 Å². The SMILES string of the molecule is CC(=O)N1C=Cc2ccccc2[C@H]1CC(=O)OCC(=O)N1CCCc2ccccc21. The summed E-state index contributed by atoms with van der Waals surface area (Å²) in [4.78, 5) is 40.5. The van der Waals surface area contributed by atoms with Crippen molar-refractivity contribution in [1.82, 2.24) is 4.90 Å². The first-order valence-corrected chi connectivity index (χ1v) is 10.1. The summed E-state index contributed by atoms with van der Waals surface area (Å²) >= 11 is 0. The Hall–Kier alpha value is -3.41. The zero-order valence-electron chi connectivity index (χ0n) is 16.9.